The monoisotopic (exact) mass is 342 g/mol. The molecule has 3 aromatic rings. The van der Waals surface area contributed by atoms with E-state index in [2.05, 4.69) is 10.3 Å². The third-order valence-electron chi connectivity index (χ3n) is 3.78. The van der Waals surface area contributed by atoms with Crippen molar-refractivity contribution in [3.05, 3.63) is 71.1 Å². The second-order valence-corrected chi connectivity index (χ2v) is 6.03. The Morgan fingerprint density at radius 1 is 1.25 bits per heavy atom. The van der Waals surface area contributed by atoms with Gasteiger partial charge in [-0.2, -0.15) is 0 Å². The van der Waals surface area contributed by atoms with Crippen molar-refractivity contribution in [2.24, 2.45) is 0 Å². The molecule has 0 aliphatic carbocycles. The van der Waals surface area contributed by atoms with Gasteiger partial charge in [-0.25, -0.2) is 9.78 Å². The Balaban J connectivity index is 1.50. The molecule has 1 aromatic carbocycles. The number of aromatic nitrogens is 2. The van der Waals surface area contributed by atoms with Crippen LogP contribution in [0, 0.1) is 0 Å². The van der Waals surface area contributed by atoms with Crippen molar-refractivity contribution in [1.29, 1.82) is 0 Å². The summed E-state index contributed by atoms with van der Waals surface area (Å²) in [5.74, 6) is 0. The van der Waals surface area contributed by atoms with Gasteiger partial charge in [0.15, 0.2) is 0 Å². The number of hydrogen-bond donors (Lipinski definition) is 1. The summed E-state index contributed by atoms with van der Waals surface area (Å²) in [5, 5.41) is 3.58. The van der Waals surface area contributed by atoms with E-state index in [9.17, 15) is 4.79 Å². The normalized spacial score (nSPS) is 10.8. The van der Waals surface area contributed by atoms with Crippen LogP contribution in [-0.4, -0.2) is 33.9 Å². The number of hydrogen-bond acceptors (Lipinski definition) is 2. The predicted molar refractivity (Wildman–Crippen MR) is 95.2 cm³/mol. The Morgan fingerprint density at radius 2 is 2.04 bits per heavy atom. The van der Waals surface area contributed by atoms with Gasteiger partial charge >= 0.3 is 6.03 Å². The topological polar surface area (TPSA) is 49.6 Å². The lowest BCUT2D eigenvalue weighted by Crippen LogP contribution is -2.37. The first-order valence-corrected chi connectivity index (χ1v) is 8.16. The summed E-state index contributed by atoms with van der Waals surface area (Å²) in [6, 6.07) is 13.3. The standard InChI is InChI=1S/C18H19ClN4O/c1-22(12-14-6-2-3-7-16(14)19)18(24)20-10-9-15-13-23-11-5-4-8-17(23)21-15/h2-8,11,13H,9-10,12H2,1H3,(H,20,24). The number of imidazole rings is 1. The lowest BCUT2D eigenvalue weighted by Gasteiger charge is -2.18. The Morgan fingerprint density at radius 3 is 2.83 bits per heavy atom. The molecule has 1 N–H and O–H groups in total. The lowest BCUT2D eigenvalue weighted by molar-refractivity contribution is 0.207. The van der Waals surface area contributed by atoms with Crippen LogP contribution in [0.15, 0.2) is 54.9 Å². The van der Waals surface area contributed by atoms with Crippen LogP contribution in [0.2, 0.25) is 5.02 Å². The number of benzene rings is 1. The molecule has 2 heterocycles. The lowest BCUT2D eigenvalue weighted by atomic mass is 10.2. The van der Waals surface area contributed by atoms with Gasteiger partial charge in [0.25, 0.3) is 0 Å². The molecule has 0 atom stereocenters. The average molecular weight is 343 g/mol. The minimum Gasteiger partial charge on any atom is -0.338 e. The predicted octanol–water partition coefficient (Wildman–Crippen LogP) is 3.37. The third-order valence-corrected chi connectivity index (χ3v) is 4.15. The largest absolute Gasteiger partial charge is 0.338 e. The van der Waals surface area contributed by atoms with Gasteiger partial charge in [-0.05, 0) is 23.8 Å². The molecule has 0 spiro atoms. The Kier molecular flexibility index (Phi) is 5.01. The zero-order valence-electron chi connectivity index (χ0n) is 13.4. The number of nitrogens with zero attached hydrogens (tertiary/aromatic N) is 3. The first-order chi connectivity index (χ1) is 11.6. The third kappa shape index (κ3) is 3.86. The SMILES string of the molecule is CN(Cc1ccccc1Cl)C(=O)NCCc1cn2ccccc2n1. The highest BCUT2D eigenvalue weighted by Crippen LogP contribution is 2.16. The molecule has 5 nitrogen and oxygen atoms in total. The molecule has 0 saturated heterocycles. The van der Waals surface area contributed by atoms with Crippen molar-refractivity contribution < 1.29 is 4.79 Å². The number of carbonyl (C=O) groups is 1. The summed E-state index contributed by atoms with van der Waals surface area (Å²) in [7, 11) is 1.75. The van der Waals surface area contributed by atoms with Crippen LogP contribution in [0.4, 0.5) is 4.79 Å². The number of urea groups is 1. The van der Waals surface area contributed by atoms with Crippen LogP contribution in [0.25, 0.3) is 5.65 Å². The zero-order valence-corrected chi connectivity index (χ0v) is 14.2. The quantitative estimate of drug-likeness (QED) is 0.772. The molecule has 0 unspecified atom stereocenters. The van der Waals surface area contributed by atoms with Gasteiger partial charge in [0.1, 0.15) is 5.65 Å². The van der Waals surface area contributed by atoms with E-state index in [1.807, 2.05) is 59.3 Å². The number of amides is 2. The smallest absolute Gasteiger partial charge is 0.317 e. The fraction of sp³-hybridized carbons (Fsp3) is 0.222. The van der Waals surface area contributed by atoms with Crippen molar-refractivity contribution in [2.75, 3.05) is 13.6 Å². The maximum absolute atomic E-state index is 12.2. The first-order valence-electron chi connectivity index (χ1n) is 7.78. The second kappa shape index (κ2) is 7.36. The van der Waals surface area contributed by atoms with Gasteiger partial charge < -0.3 is 14.6 Å². The van der Waals surface area contributed by atoms with Crippen molar-refractivity contribution in [3.8, 4) is 0 Å². The number of fused-ring (bicyclic) bond motifs is 1. The molecule has 0 saturated carbocycles. The fourth-order valence-electron chi connectivity index (χ4n) is 2.49. The highest BCUT2D eigenvalue weighted by Gasteiger charge is 2.10. The first kappa shape index (κ1) is 16.3. The number of pyridine rings is 1. The number of carbonyl (C=O) groups excluding carboxylic acids is 1. The fourth-order valence-corrected chi connectivity index (χ4v) is 2.69. The van der Waals surface area contributed by atoms with Crippen LogP contribution in [0.5, 0.6) is 0 Å². The van der Waals surface area contributed by atoms with E-state index < -0.39 is 0 Å². The summed E-state index contributed by atoms with van der Waals surface area (Å²) >= 11 is 6.13. The number of nitrogens with one attached hydrogen (secondary N) is 1. The molecule has 2 aromatic heterocycles. The van der Waals surface area contributed by atoms with Crippen LogP contribution in [0.3, 0.4) is 0 Å². The van der Waals surface area contributed by atoms with E-state index in [0.717, 1.165) is 16.9 Å². The maximum Gasteiger partial charge on any atom is 0.317 e. The Bertz CT molecular complexity index is 813. The summed E-state index contributed by atoms with van der Waals surface area (Å²) in [6.45, 7) is 1.01. The Labute approximate surface area is 145 Å². The molecule has 0 aliphatic rings. The van der Waals surface area contributed by atoms with Crippen LogP contribution in [-0.2, 0) is 13.0 Å². The van der Waals surface area contributed by atoms with Gasteiger partial charge in [0, 0.05) is 44.0 Å². The minimum atomic E-state index is -0.126. The van der Waals surface area contributed by atoms with Crippen LogP contribution in [0.1, 0.15) is 11.3 Å². The van der Waals surface area contributed by atoms with Gasteiger partial charge in [-0.1, -0.05) is 35.9 Å². The average Bonchev–Trinajstić information content (AvgIpc) is 2.99. The van der Waals surface area contributed by atoms with Crippen LogP contribution < -0.4 is 5.32 Å². The molecule has 6 heteroatoms. The van der Waals surface area contributed by atoms with Gasteiger partial charge in [0.2, 0.25) is 0 Å². The summed E-state index contributed by atoms with van der Waals surface area (Å²) in [5.41, 5.74) is 2.79. The number of rotatable bonds is 5. The highest BCUT2D eigenvalue weighted by atomic mass is 35.5. The minimum absolute atomic E-state index is 0.126. The van der Waals surface area contributed by atoms with Gasteiger partial charge in [-0.3, -0.25) is 0 Å². The van der Waals surface area contributed by atoms with Gasteiger partial charge in [-0.15, -0.1) is 0 Å². The van der Waals surface area contributed by atoms with E-state index in [0.29, 0.717) is 24.5 Å². The molecule has 2 amide bonds. The molecule has 3 rings (SSSR count). The van der Waals surface area contributed by atoms with Crippen molar-refractivity contribution in [3.63, 3.8) is 0 Å². The molecule has 124 valence electrons. The molecule has 0 fully saturated rings. The summed E-state index contributed by atoms with van der Waals surface area (Å²) in [6.07, 6.45) is 4.63. The molecular weight excluding hydrogens is 324 g/mol. The van der Waals surface area contributed by atoms with Gasteiger partial charge in [0.05, 0.1) is 5.69 Å². The second-order valence-electron chi connectivity index (χ2n) is 5.63. The summed E-state index contributed by atoms with van der Waals surface area (Å²) < 4.78 is 1.97. The zero-order chi connectivity index (χ0) is 16.9. The molecule has 0 aliphatic heterocycles. The maximum atomic E-state index is 12.2. The highest BCUT2D eigenvalue weighted by molar-refractivity contribution is 6.31. The molecule has 24 heavy (non-hydrogen) atoms. The van der Waals surface area contributed by atoms with E-state index in [1.165, 1.54) is 0 Å². The number of halogens is 1. The molecular formula is C18H19ClN4O. The van der Waals surface area contributed by atoms with Crippen molar-refractivity contribution >= 4 is 23.3 Å². The van der Waals surface area contributed by atoms with E-state index >= 15 is 0 Å². The van der Waals surface area contributed by atoms with E-state index in [-0.39, 0.29) is 6.03 Å². The molecule has 0 radical (unpaired) electrons. The van der Waals surface area contributed by atoms with E-state index in [1.54, 1.807) is 11.9 Å². The molecule has 0 bridgehead atoms. The van der Waals surface area contributed by atoms with Crippen LogP contribution >= 0.6 is 11.6 Å². The summed E-state index contributed by atoms with van der Waals surface area (Å²) in [4.78, 5) is 18.3. The Hall–Kier alpha value is -2.53. The van der Waals surface area contributed by atoms with Crippen molar-refractivity contribution in [1.82, 2.24) is 19.6 Å². The van der Waals surface area contributed by atoms with E-state index in [4.69, 9.17) is 11.6 Å². The van der Waals surface area contributed by atoms with Crippen molar-refractivity contribution in [2.45, 2.75) is 13.0 Å².